The van der Waals surface area contributed by atoms with Crippen LogP contribution in [0, 0.1) is 11.3 Å². The second-order valence-corrected chi connectivity index (χ2v) is 9.45. The number of ether oxygens (including phenoxy) is 2. The smallest absolute Gasteiger partial charge is 0.281 e. The van der Waals surface area contributed by atoms with Gasteiger partial charge < -0.3 is 9.47 Å². The standard InChI is InChI=1S/C15H28N2O4S/c1-16(2)22(18,19)17-7-5-15(6-8-17)9-14(21-12-15)11-20-10-13-3-4-13/h13-14H,3-12H2,1-2H3/t14-/m1/s1. The van der Waals surface area contributed by atoms with Crippen molar-refractivity contribution in [2.45, 2.75) is 38.2 Å². The minimum atomic E-state index is -3.28. The maximum atomic E-state index is 12.2. The van der Waals surface area contributed by atoms with Crippen LogP contribution in [0.1, 0.15) is 32.1 Å². The SMILES string of the molecule is CN(C)S(=O)(=O)N1CCC2(CC1)CO[C@@H](COCC1CC1)C2. The lowest BCUT2D eigenvalue weighted by Crippen LogP contribution is -2.47. The van der Waals surface area contributed by atoms with E-state index in [-0.39, 0.29) is 11.5 Å². The van der Waals surface area contributed by atoms with Gasteiger partial charge in [-0.05, 0) is 43.4 Å². The molecule has 1 spiro atoms. The predicted octanol–water partition coefficient (Wildman–Crippen LogP) is 1.09. The maximum absolute atomic E-state index is 12.2. The van der Waals surface area contributed by atoms with Gasteiger partial charge in [-0.2, -0.15) is 17.0 Å². The Morgan fingerprint density at radius 1 is 1.23 bits per heavy atom. The third-order valence-electron chi connectivity index (χ3n) is 5.21. The topological polar surface area (TPSA) is 59.1 Å². The van der Waals surface area contributed by atoms with E-state index in [4.69, 9.17) is 9.47 Å². The number of hydrogen-bond donors (Lipinski definition) is 0. The molecule has 0 radical (unpaired) electrons. The first-order chi connectivity index (χ1) is 10.4. The zero-order valence-corrected chi connectivity index (χ0v) is 14.5. The Bertz CT molecular complexity index is 482. The highest BCUT2D eigenvalue weighted by molar-refractivity contribution is 7.86. The summed E-state index contributed by atoms with van der Waals surface area (Å²) in [6.45, 7) is 3.51. The van der Waals surface area contributed by atoms with Crippen molar-refractivity contribution in [3.63, 3.8) is 0 Å². The minimum Gasteiger partial charge on any atom is -0.378 e. The fourth-order valence-corrected chi connectivity index (χ4v) is 4.53. The maximum Gasteiger partial charge on any atom is 0.281 e. The van der Waals surface area contributed by atoms with Crippen LogP contribution in [0.3, 0.4) is 0 Å². The molecule has 6 nitrogen and oxygen atoms in total. The summed E-state index contributed by atoms with van der Waals surface area (Å²) < 4.78 is 38.9. The monoisotopic (exact) mass is 332 g/mol. The fraction of sp³-hybridized carbons (Fsp3) is 1.00. The third kappa shape index (κ3) is 3.64. The van der Waals surface area contributed by atoms with Crippen LogP contribution >= 0.6 is 0 Å². The molecule has 0 N–H and O–H groups in total. The molecule has 3 fully saturated rings. The van der Waals surface area contributed by atoms with Crippen molar-refractivity contribution in [3.05, 3.63) is 0 Å². The molecule has 128 valence electrons. The Hall–Kier alpha value is -0.210. The molecule has 3 aliphatic rings. The Balaban J connectivity index is 1.46. The molecular formula is C15H28N2O4S. The average Bonchev–Trinajstić information content (AvgIpc) is 3.22. The molecule has 2 heterocycles. The molecule has 0 bridgehead atoms. The normalized spacial score (nSPS) is 29.5. The molecule has 0 aromatic carbocycles. The lowest BCUT2D eigenvalue weighted by atomic mass is 9.77. The van der Waals surface area contributed by atoms with Crippen molar-refractivity contribution in [3.8, 4) is 0 Å². The molecular weight excluding hydrogens is 304 g/mol. The summed E-state index contributed by atoms with van der Waals surface area (Å²) in [7, 11) is -0.0975. The molecule has 1 saturated carbocycles. The van der Waals surface area contributed by atoms with E-state index < -0.39 is 10.2 Å². The van der Waals surface area contributed by atoms with Crippen LogP contribution in [-0.2, 0) is 19.7 Å². The summed E-state index contributed by atoms with van der Waals surface area (Å²) in [5.41, 5.74) is 0.159. The molecule has 0 aromatic heterocycles. The zero-order chi connectivity index (χ0) is 15.8. The zero-order valence-electron chi connectivity index (χ0n) is 13.7. The van der Waals surface area contributed by atoms with E-state index >= 15 is 0 Å². The predicted molar refractivity (Wildman–Crippen MR) is 83.7 cm³/mol. The van der Waals surface area contributed by atoms with E-state index in [1.807, 2.05) is 0 Å². The van der Waals surface area contributed by atoms with Gasteiger partial charge in [0.15, 0.2) is 0 Å². The van der Waals surface area contributed by atoms with Gasteiger partial charge in [0.25, 0.3) is 10.2 Å². The summed E-state index contributed by atoms with van der Waals surface area (Å²) in [6, 6.07) is 0. The lowest BCUT2D eigenvalue weighted by Gasteiger charge is -2.38. The summed E-state index contributed by atoms with van der Waals surface area (Å²) in [4.78, 5) is 0. The van der Waals surface area contributed by atoms with E-state index in [1.165, 1.54) is 17.1 Å². The largest absolute Gasteiger partial charge is 0.378 e. The minimum absolute atomic E-state index is 0.159. The molecule has 22 heavy (non-hydrogen) atoms. The second-order valence-electron chi connectivity index (χ2n) is 7.31. The number of hydrogen-bond acceptors (Lipinski definition) is 4. The molecule has 1 atom stereocenters. The van der Waals surface area contributed by atoms with Crippen LogP contribution in [0.4, 0.5) is 0 Å². The molecule has 0 amide bonds. The molecule has 3 rings (SSSR count). The van der Waals surface area contributed by atoms with Gasteiger partial charge in [0.1, 0.15) is 0 Å². The number of rotatable bonds is 6. The van der Waals surface area contributed by atoms with Crippen molar-refractivity contribution in [2.24, 2.45) is 11.3 Å². The first-order valence-electron chi connectivity index (χ1n) is 8.28. The number of piperidine rings is 1. The van der Waals surface area contributed by atoms with Gasteiger partial charge >= 0.3 is 0 Å². The molecule has 2 aliphatic heterocycles. The van der Waals surface area contributed by atoms with Crippen LogP contribution < -0.4 is 0 Å². The van der Waals surface area contributed by atoms with Gasteiger partial charge in [-0.1, -0.05) is 0 Å². The second kappa shape index (κ2) is 6.36. The van der Waals surface area contributed by atoms with Crippen molar-refractivity contribution in [2.75, 3.05) is 47.0 Å². The van der Waals surface area contributed by atoms with E-state index in [2.05, 4.69) is 0 Å². The highest BCUT2D eigenvalue weighted by atomic mass is 32.2. The molecule has 0 unspecified atom stereocenters. The van der Waals surface area contributed by atoms with Gasteiger partial charge in [-0.25, -0.2) is 0 Å². The van der Waals surface area contributed by atoms with Gasteiger partial charge in [0.05, 0.1) is 19.3 Å². The van der Waals surface area contributed by atoms with Crippen molar-refractivity contribution >= 4 is 10.2 Å². The quantitative estimate of drug-likeness (QED) is 0.731. The Morgan fingerprint density at radius 3 is 2.50 bits per heavy atom. The van der Waals surface area contributed by atoms with Crippen LogP contribution in [0.2, 0.25) is 0 Å². The highest BCUT2D eigenvalue weighted by Gasteiger charge is 2.44. The molecule has 7 heteroatoms. The van der Waals surface area contributed by atoms with Crippen LogP contribution in [-0.4, -0.2) is 70.1 Å². The van der Waals surface area contributed by atoms with E-state index in [0.29, 0.717) is 19.7 Å². The van der Waals surface area contributed by atoms with E-state index in [9.17, 15) is 8.42 Å². The van der Waals surface area contributed by atoms with E-state index in [1.54, 1.807) is 18.4 Å². The highest BCUT2D eigenvalue weighted by Crippen LogP contribution is 2.42. The fourth-order valence-electron chi connectivity index (χ4n) is 3.42. The molecule has 1 aliphatic carbocycles. The third-order valence-corrected chi connectivity index (χ3v) is 7.15. The van der Waals surface area contributed by atoms with Crippen LogP contribution in [0.25, 0.3) is 0 Å². The van der Waals surface area contributed by atoms with Crippen molar-refractivity contribution in [1.29, 1.82) is 0 Å². The number of nitrogens with zero attached hydrogens (tertiary/aromatic N) is 2. The van der Waals surface area contributed by atoms with Gasteiger partial charge in [-0.3, -0.25) is 0 Å². The van der Waals surface area contributed by atoms with Gasteiger partial charge in [0, 0.05) is 33.8 Å². The summed E-state index contributed by atoms with van der Waals surface area (Å²) in [6.07, 6.45) is 5.60. The molecule has 0 aromatic rings. The summed E-state index contributed by atoms with van der Waals surface area (Å²) in [5, 5.41) is 0. The van der Waals surface area contributed by atoms with Crippen molar-refractivity contribution in [1.82, 2.24) is 8.61 Å². The van der Waals surface area contributed by atoms with Gasteiger partial charge in [0.2, 0.25) is 0 Å². The Labute approximate surface area is 133 Å². The average molecular weight is 332 g/mol. The first-order valence-corrected chi connectivity index (χ1v) is 9.68. The lowest BCUT2D eigenvalue weighted by molar-refractivity contribution is 0.0103. The molecule has 2 saturated heterocycles. The Morgan fingerprint density at radius 2 is 1.91 bits per heavy atom. The van der Waals surface area contributed by atoms with Crippen LogP contribution in [0.15, 0.2) is 0 Å². The summed E-state index contributed by atoms with van der Waals surface area (Å²) >= 11 is 0. The van der Waals surface area contributed by atoms with Crippen LogP contribution in [0.5, 0.6) is 0 Å². The van der Waals surface area contributed by atoms with Gasteiger partial charge in [-0.15, -0.1) is 0 Å². The first kappa shape index (κ1) is 16.6. The Kier molecular flexibility index (Phi) is 4.81. The van der Waals surface area contributed by atoms with Crippen molar-refractivity contribution < 1.29 is 17.9 Å². The van der Waals surface area contributed by atoms with E-state index in [0.717, 1.165) is 38.4 Å². The summed E-state index contributed by atoms with van der Waals surface area (Å²) in [5.74, 6) is 0.787.